The van der Waals surface area contributed by atoms with E-state index in [2.05, 4.69) is 24.9 Å². The lowest BCUT2D eigenvalue weighted by Crippen LogP contribution is -2.33. The molecule has 0 saturated heterocycles. The van der Waals surface area contributed by atoms with Gasteiger partial charge in [-0.25, -0.2) is 27.1 Å². The predicted octanol–water partition coefficient (Wildman–Crippen LogP) is 7.11. The fraction of sp³-hybridized carbons (Fsp3) is 0.269. The predicted molar refractivity (Wildman–Crippen MR) is 131 cm³/mol. The molecule has 0 unspecified atom stereocenters. The van der Waals surface area contributed by atoms with E-state index < -0.39 is 61.3 Å². The minimum atomic E-state index is -4.80. The first-order valence-electron chi connectivity index (χ1n) is 11.8. The van der Waals surface area contributed by atoms with Gasteiger partial charge in [0.25, 0.3) is 12.3 Å². The number of hydrogen-bond acceptors (Lipinski definition) is 5. The number of ether oxygens (including phenoxy) is 2. The van der Waals surface area contributed by atoms with Gasteiger partial charge in [-0.2, -0.15) is 27.1 Å². The van der Waals surface area contributed by atoms with E-state index in [-0.39, 0.29) is 22.6 Å². The minimum Gasteiger partial charge on any atom is -0.487 e. The zero-order chi connectivity index (χ0) is 30.8. The van der Waals surface area contributed by atoms with Crippen molar-refractivity contribution in [3.63, 3.8) is 0 Å². The zero-order valence-corrected chi connectivity index (χ0v) is 21.2. The smallest absolute Gasteiger partial charge is 0.422 e. The molecule has 2 heterocycles. The summed E-state index contributed by atoms with van der Waals surface area (Å²) < 4.78 is 127. The van der Waals surface area contributed by atoms with Gasteiger partial charge in [0.05, 0.1) is 11.9 Å². The van der Waals surface area contributed by atoms with Crippen LogP contribution in [0.3, 0.4) is 0 Å². The van der Waals surface area contributed by atoms with Gasteiger partial charge in [0.15, 0.2) is 18.9 Å². The van der Waals surface area contributed by atoms with Crippen LogP contribution in [0.1, 0.15) is 28.0 Å². The van der Waals surface area contributed by atoms with Gasteiger partial charge >= 0.3 is 18.5 Å². The SMILES string of the molecule is Cc1ccc(-c2cc(C(F)F)n3ncc(C(=O)Nc4cc(OCC(F)(F)F)cc(OCC(F)(F)C(F)F)c4)c3n2)cc1. The highest BCUT2D eigenvalue weighted by atomic mass is 19.4. The number of aryl methyl sites for hydroxylation is 1. The second-order valence-corrected chi connectivity index (χ2v) is 8.93. The van der Waals surface area contributed by atoms with Gasteiger partial charge in [-0.15, -0.1) is 0 Å². The monoisotopic (exact) mass is 606 g/mol. The number of benzene rings is 2. The maximum absolute atomic E-state index is 13.9. The molecule has 1 amide bonds. The molecule has 0 bridgehead atoms. The summed E-state index contributed by atoms with van der Waals surface area (Å²) in [4.78, 5) is 17.4. The Morgan fingerprint density at radius 2 is 1.55 bits per heavy atom. The number of amides is 1. The van der Waals surface area contributed by atoms with Crippen molar-refractivity contribution in [1.29, 1.82) is 0 Å². The number of aromatic nitrogens is 3. The van der Waals surface area contributed by atoms with Crippen LogP contribution in [0.5, 0.6) is 11.5 Å². The van der Waals surface area contributed by atoms with Crippen LogP contribution in [0.25, 0.3) is 16.9 Å². The molecule has 7 nitrogen and oxygen atoms in total. The number of fused-ring (bicyclic) bond motifs is 1. The molecule has 4 aromatic rings. The Bertz CT molecular complexity index is 1570. The summed E-state index contributed by atoms with van der Waals surface area (Å²) in [5, 5.41) is 6.05. The molecule has 4 rings (SSSR count). The quantitative estimate of drug-likeness (QED) is 0.195. The summed E-state index contributed by atoms with van der Waals surface area (Å²) in [6, 6.07) is 10.3. The highest BCUT2D eigenvalue weighted by Crippen LogP contribution is 2.32. The molecule has 2 aromatic heterocycles. The van der Waals surface area contributed by atoms with Crippen LogP contribution < -0.4 is 14.8 Å². The molecule has 0 aliphatic heterocycles. The molecule has 0 fully saturated rings. The molecular weight excluding hydrogens is 587 g/mol. The van der Waals surface area contributed by atoms with Gasteiger partial charge in [-0.3, -0.25) is 4.79 Å². The lowest BCUT2D eigenvalue weighted by atomic mass is 10.1. The van der Waals surface area contributed by atoms with Crippen molar-refractivity contribution in [3.05, 3.63) is 71.5 Å². The summed E-state index contributed by atoms with van der Waals surface area (Å²) in [7, 11) is 0. The number of nitrogens with one attached hydrogen (secondary N) is 1. The second kappa shape index (κ2) is 11.8. The molecular formula is C26H19F9N4O3. The zero-order valence-electron chi connectivity index (χ0n) is 21.2. The van der Waals surface area contributed by atoms with Crippen LogP contribution in [-0.4, -0.2) is 52.2 Å². The van der Waals surface area contributed by atoms with E-state index in [4.69, 9.17) is 0 Å². The maximum Gasteiger partial charge on any atom is 0.422 e. The van der Waals surface area contributed by atoms with Crippen LogP contribution in [0.4, 0.5) is 45.2 Å². The van der Waals surface area contributed by atoms with Gasteiger partial charge < -0.3 is 14.8 Å². The number of halogens is 9. The Morgan fingerprint density at radius 1 is 0.929 bits per heavy atom. The van der Waals surface area contributed by atoms with E-state index in [1.165, 1.54) is 0 Å². The lowest BCUT2D eigenvalue weighted by Gasteiger charge is -2.17. The van der Waals surface area contributed by atoms with Crippen LogP contribution in [0, 0.1) is 6.92 Å². The third-order valence-electron chi connectivity index (χ3n) is 5.61. The summed E-state index contributed by atoms with van der Waals surface area (Å²) in [5.41, 5.74) is -0.149. The van der Waals surface area contributed by atoms with E-state index in [1.807, 2.05) is 6.92 Å². The highest BCUT2D eigenvalue weighted by molar-refractivity contribution is 6.08. The molecule has 0 radical (unpaired) electrons. The number of carbonyl (C=O) groups excluding carboxylic acids is 1. The third-order valence-corrected chi connectivity index (χ3v) is 5.61. The first kappa shape index (κ1) is 30.5. The van der Waals surface area contributed by atoms with E-state index in [1.54, 1.807) is 24.3 Å². The van der Waals surface area contributed by atoms with Crippen molar-refractivity contribution < 1.29 is 53.8 Å². The molecule has 1 N–H and O–H groups in total. The van der Waals surface area contributed by atoms with Gasteiger partial charge in [0, 0.05) is 29.4 Å². The molecule has 0 atom stereocenters. The summed E-state index contributed by atoms with van der Waals surface area (Å²) in [6.07, 6.45) is -11.0. The Labute approximate surface area is 230 Å². The number of carbonyl (C=O) groups is 1. The highest BCUT2D eigenvalue weighted by Gasteiger charge is 2.41. The van der Waals surface area contributed by atoms with E-state index in [0.717, 1.165) is 40.5 Å². The Balaban J connectivity index is 1.69. The van der Waals surface area contributed by atoms with Gasteiger partial charge in [0.2, 0.25) is 0 Å². The van der Waals surface area contributed by atoms with Gasteiger partial charge in [-0.05, 0) is 13.0 Å². The topological polar surface area (TPSA) is 77.8 Å². The maximum atomic E-state index is 13.9. The number of rotatable bonds is 10. The van der Waals surface area contributed by atoms with E-state index >= 15 is 0 Å². The Morgan fingerprint density at radius 3 is 2.12 bits per heavy atom. The first-order valence-corrected chi connectivity index (χ1v) is 11.8. The fourth-order valence-electron chi connectivity index (χ4n) is 3.59. The van der Waals surface area contributed by atoms with Crippen molar-refractivity contribution in [3.8, 4) is 22.8 Å². The van der Waals surface area contributed by atoms with Crippen molar-refractivity contribution >= 4 is 17.2 Å². The Kier molecular flexibility index (Phi) is 8.54. The number of alkyl halides is 9. The van der Waals surface area contributed by atoms with Crippen LogP contribution >= 0.6 is 0 Å². The van der Waals surface area contributed by atoms with E-state index in [9.17, 15) is 44.3 Å². The molecule has 0 saturated carbocycles. The first-order chi connectivity index (χ1) is 19.6. The summed E-state index contributed by atoms with van der Waals surface area (Å²) in [6.45, 7) is -1.83. The van der Waals surface area contributed by atoms with Crippen LogP contribution in [0.2, 0.25) is 0 Å². The standard InChI is InChI=1S/C26H19F9N4O3/c1-13-2-4-14(5-3-13)19-9-20(21(27)28)39-22(38-19)18(10-36-39)23(40)37-15-6-16(41-11-25(31,32)24(29)30)8-17(7-15)42-12-26(33,34)35/h2-10,21,24H,11-12H2,1H3,(H,37,40). The summed E-state index contributed by atoms with van der Waals surface area (Å²) >= 11 is 0. The molecule has 42 heavy (non-hydrogen) atoms. The molecule has 0 spiro atoms. The Hall–Kier alpha value is -4.50. The number of anilines is 1. The molecule has 224 valence electrons. The molecule has 2 aromatic carbocycles. The fourth-order valence-corrected chi connectivity index (χ4v) is 3.59. The van der Waals surface area contributed by atoms with Crippen molar-refractivity contribution in [2.75, 3.05) is 18.5 Å². The van der Waals surface area contributed by atoms with Gasteiger partial charge in [0.1, 0.15) is 22.8 Å². The van der Waals surface area contributed by atoms with Crippen molar-refractivity contribution in [2.24, 2.45) is 0 Å². The van der Waals surface area contributed by atoms with Crippen LogP contribution in [0.15, 0.2) is 54.7 Å². The largest absolute Gasteiger partial charge is 0.487 e. The van der Waals surface area contributed by atoms with Crippen LogP contribution in [-0.2, 0) is 0 Å². The lowest BCUT2D eigenvalue weighted by molar-refractivity contribution is -0.153. The van der Waals surface area contributed by atoms with E-state index in [0.29, 0.717) is 5.56 Å². The molecule has 0 aliphatic carbocycles. The molecule has 16 heteroatoms. The molecule has 0 aliphatic rings. The minimum absolute atomic E-state index is 0.0885. The van der Waals surface area contributed by atoms with Crippen molar-refractivity contribution in [1.82, 2.24) is 14.6 Å². The number of nitrogens with zero attached hydrogens (tertiary/aromatic N) is 3. The average molecular weight is 606 g/mol. The number of hydrogen-bond donors (Lipinski definition) is 1. The summed E-state index contributed by atoms with van der Waals surface area (Å²) in [5.74, 6) is -6.87. The normalized spacial score (nSPS) is 12.3. The third kappa shape index (κ3) is 7.22. The van der Waals surface area contributed by atoms with Gasteiger partial charge in [-0.1, -0.05) is 29.8 Å². The van der Waals surface area contributed by atoms with Crippen molar-refractivity contribution in [2.45, 2.75) is 31.9 Å². The average Bonchev–Trinajstić information content (AvgIpc) is 3.34. The second-order valence-electron chi connectivity index (χ2n) is 8.93.